The van der Waals surface area contributed by atoms with Crippen molar-refractivity contribution in [3.8, 4) is 11.5 Å². The minimum atomic E-state index is 0.00404. The number of carbonyl (C=O) groups excluding carboxylic acids is 1. The van der Waals surface area contributed by atoms with Crippen LogP contribution in [0.2, 0.25) is 10.0 Å². The van der Waals surface area contributed by atoms with Crippen molar-refractivity contribution in [1.29, 1.82) is 0 Å². The van der Waals surface area contributed by atoms with E-state index in [1.54, 1.807) is 17.0 Å². The summed E-state index contributed by atoms with van der Waals surface area (Å²) in [6.45, 7) is 5.29. The molecule has 0 N–H and O–H groups in total. The highest BCUT2D eigenvalue weighted by atomic mass is 35.5. The molecule has 164 valence electrons. The molecule has 1 aliphatic rings. The van der Waals surface area contributed by atoms with Gasteiger partial charge in [-0.3, -0.25) is 4.79 Å². The summed E-state index contributed by atoms with van der Waals surface area (Å²) in [7, 11) is 0. The molecule has 0 spiro atoms. The van der Waals surface area contributed by atoms with E-state index >= 15 is 0 Å². The van der Waals surface area contributed by atoms with Gasteiger partial charge in [0.25, 0.3) is 5.91 Å². The Kier molecular flexibility index (Phi) is 6.73. The smallest absolute Gasteiger partial charge is 0.258 e. The SMILES string of the molecule is CCOc1cc(/C=C2\C(=O)N(CC)c3ccccc32)ccc1OCc1ccc(Cl)cc1Cl. The summed E-state index contributed by atoms with van der Waals surface area (Å²) < 4.78 is 11.8. The summed E-state index contributed by atoms with van der Waals surface area (Å²) in [6.07, 6.45) is 1.90. The fourth-order valence-electron chi connectivity index (χ4n) is 3.72. The number of anilines is 1. The van der Waals surface area contributed by atoms with Gasteiger partial charge in [0.15, 0.2) is 11.5 Å². The molecule has 1 amide bonds. The third kappa shape index (κ3) is 4.47. The lowest BCUT2D eigenvalue weighted by Gasteiger charge is -2.14. The van der Waals surface area contributed by atoms with Gasteiger partial charge in [0.1, 0.15) is 6.61 Å². The van der Waals surface area contributed by atoms with Crippen molar-refractivity contribution >= 4 is 46.4 Å². The van der Waals surface area contributed by atoms with E-state index in [0.29, 0.717) is 40.3 Å². The molecule has 3 aromatic rings. The number of amides is 1. The minimum Gasteiger partial charge on any atom is -0.490 e. The highest BCUT2D eigenvalue weighted by molar-refractivity contribution is 6.36. The molecule has 3 aromatic carbocycles. The lowest BCUT2D eigenvalue weighted by atomic mass is 10.0. The van der Waals surface area contributed by atoms with Crippen LogP contribution in [0.4, 0.5) is 5.69 Å². The van der Waals surface area contributed by atoms with Gasteiger partial charge in [-0.2, -0.15) is 0 Å². The molecule has 1 aliphatic heterocycles. The molecule has 0 unspecified atom stereocenters. The second-order valence-electron chi connectivity index (χ2n) is 7.29. The van der Waals surface area contributed by atoms with Crippen molar-refractivity contribution in [2.24, 2.45) is 0 Å². The monoisotopic (exact) mass is 467 g/mol. The van der Waals surface area contributed by atoms with Crippen molar-refractivity contribution in [2.45, 2.75) is 20.5 Å². The molecule has 0 fully saturated rings. The first-order chi connectivity index (χ1) is 15.5. The number of hydrogen-bond acceptors (Lipinski definition) is 3. The molecule has 32 heavy (non-hydrogen) atoms. The van der Waals surface area contributed by atoms with Crippen LogP contribution in [0.5, 0.6) is 11.5 Å². The normalized spacial score (nSPS) is 14.1. The molecule has 0 aromatic heterocycles. The first-order valence-electron chi connectivity index (χ1n) is 10.5. The van der Waals surface area contributed by atoms with Gasteiger partial charge in [0.05, 0.1) is 12.3 Å². The largest absolute Gasteiger partial charge is 0.490 e. The Hall–Kier alpha value is -2.95. The highest BCUT2D eigenvalue weighted by Gasteiger charge is 2.30. The second kappa shape index (κ2) is 9.68. The van der Waals surface area contributed by atoms with Gasteiger partial charge in [0, 0.05) is 33.3 Å². The molecule has 1 heterocycles. The summed E-state index contributed by atoms with van der Waals surface area (Å²) in [4.78, 5) is 14.8. The number of hydrogen-bond donors (Lipinski definition) is 0. The van der Waals surface area contributed by atoms with E-state index in [9.17, 15) is 4.79 Å². The van der Waals surface area contributed by atoms with Crippen molar-refractivity contribution in [2.75, 3.05) is 18.1 Å². The van der Waals surface area contributed by atoms with Gasteiger partial charge >= 0.3 is 0 Å². The van der Waals surface area contributed by atoms with Crippen LogP contribution in [0.15, 0.2) is 60.7 Å². The third-order valence-electron chi connectivity index (χ3n) is 5.25. The van der Waals surface area contributed by atoms with Crippen LogP contribution in [0, 0.1) is 0 Å². The predicted octanol–water partition coefficient (Wildman–Crippen LogP) is 6.88. The molecule has 4 nitrogen and oxygen atoms in total. The van der Waals surface area contributed by atoms with Crippen LogP contribution in [-0.4, -0.2) is 19.1 Å². The van der Waals surface area contributed by atoms with E-state index in [2.05, 4.69) is 0 Å². The second-order valence-corrected chi connectivity index (χ2v) is 8.13. The number of ether oxygens (including phenoxy) is 2. The van der Waals surface area contributed by atoms with E-state index in [-0.39, 0.29) is 12.5 Å². The number of nitrogens with zero attached hydrogens (tertiary/aromatic N) is 1. The van der Waals surface area contributed by atoms with Crippen LogP contribution in [0.1, 0.15) is 30.5 Å². The van der Waals surface area contributed by atoms with Crippen LogP contribution in [0.3, 0.4) is 0 Å². The molecule has 0 saturated carbocycles. The maximum Gasteiger partial charge on any atom is 0.258 e. The minimum absolute atomic E-state index is 0.00404. The molecule has 0 aliphatic carbocycles. The summed E-state index contributed by atoms with van der Waals surface area (Å²) in [6, 6.07) is 18.8. The lowest BCUT2D eigenvalue weighted by Crippen LogP contribution is -2.25. The zero-order valence-electron chi connectivity index (χ0n) is 17.9. The van der Waals surface area contributed by atoms with Crippen LogP contribution in [-0.2, 0) is 11.4 Å². The van der Waals surface area contributed by atoms with E-state index < -0.39 is 0 Å². The van der Waals surface area contributed by atoms with Gasteiger partial charge in [0.2, 0.25) is 0 Å². The van der Waals surface area contributed by atoms with Crippen molar-refractivity contribution < 1.29 is 14.3 Å². The summed E-state index contributed by atoms with van der Waals surface area (Å²) in [5.74, 6) is 1.22. The summed E-state index contributed by atoms with van der Waals surface area (Å²) in [5.41, 5.74) is 4.25. The van der Waals surface area contributed by atoms with Crippen molar-refractivity contribution in [1.82, 2.24) is 0 Å². The Bertz CT molecular complexity index is 1190. The average Bonchev–Trinajstić information content (AvgIpc) is 3.05. The Morgan fingerprint density at radius 1 is 0.938 bits per heavy atom. The van der Waals surface area contributed by atoms with E-state index in [1.165, 1.54) is 0 Å². The van der Waals surface area contributed by atoms with Gasteiger partial charge < -0.3 is 14.4 Å². The number of halogens is 2. The fourth-order valence-corrected chi connectivity index (χ4v) is 4.19. The molecular weight excluding hydrogens is 445 g/mol. The Morgan fingerprint density at radius 2 is 1.75 bits per heavy atom. The zero-order valence-corrected chi connectivity index (χ0v) is 19.4. The Labute approximate surface area is 198 Å². The first kappa shape index (κ1) is 22.3. The first-order valence-corrected chi connectivity index (χ1v) is 11.2. The third-order valence-corrected chi connectivity index (χ3v) is 5.84. The van der Waals surface area contributed by atoms with Crippen LogP contribution < -0.4 is 14.4 Å². The molecule has 0 radical (unpaired) electrons. The maximum atomic E-state index is 13.0. The van der Waals surface area contributed by atoms with Crippen LogP contribution in [0.25, 0.3) is 11.6 Å². The van der Waals surface area contributed by atoms with Gasteiger partial charge in [-0.05, 0) is 55.8 Å². The average molecular weight is 468 g/mol. The molecule has 0 bridgehead atoms. The maximum absolute atomic E-state index is 13.0. The molecular formula is C26H23Cl2NO3. The Morgan fingerprint density at radius 3 is 2.50 bits per heavy atom. The summed E-state index contributed by atoms with van der Waals surface area (Å²) in [5, 5.41) is 1.13. The molecule has 6 heteroatoms. The number of carbonyl (C=O) groups is 1. The van der Waals surface area contributed by atoms with Crippen molar-refractivity contribution in [3.05, 3.63) is 87.4 Å². The number of benzene rings is 3. The van der Waals surface area contributed by atoms with Gasteiger partial charge in [-0.25, -0.2) is 0 Å². The zero-order chi connectivity index (χ0) is 22.7. The number of rotatable bonds is 7. The lowest BCUT2D eigenvalue weighted by molar-refractivity contribution is -0.112. The molecule has 0 atom stereocenters. The standard InChI is InChI=1S/C26H23Cl2NO3/c1-3-29-23-8-6-5-7-20(23)21(26(29)30)13-17-9-12-24(25(14-17)31-4-2)32-16-18-10-11-19(27)15-22(18)28/h5-15H,3-4,16H2,1-2H3/b21-13-. The predicted molar refractivity (Wildman–Crippen MR) is 131 cm³/mol. The number of likely N-dealkylation sites (N-methyl/N-ethyl adjacent to an activating group) is 1. The molecule has 0 saturated heterocycles. The number of para-hydroxylation sites is 1. The van der Waals surface area contributed by atoms with Crippen LogP contribution >= 0.6 is 23.2 Å². The fraction of sp³-hybridized carbons (Fsp3) is 0.192. The quantitative estimate of drug-likeness (QED) is 0.355. The van der Waals surface area contributed by atoms with Gasteiger partial charge in [-0.15, -0.1) is 0 Å². The highest BCUT2D eigenvalue weighted by Crippen LogP contribution is 2.38. The van der Waals surface area contributed by atoms with E-state index in [1.807, 2.05) is 68.5 Å². The summed E-state index contributed by atoms with van der Waals surface area (Å²) >= 11 is 12.2. The molecule has 4 rings (SSSR count). The topological polar surface area (TPSA) is 38.8 Å². The van der Waals surface area contributed by atoms with E-state index in [0.717, 1.165) is 22.4 Å². The van der Waals surface area contributed by atoms with Crippen molar-refractivity contribution in [3.63, 3.8) is 0 Å². The Balaban J connectivity index is 1.62. The van der Waals surface area contributed by atoms with Gasteiger partial charge in [-0.1, -0.05) is 53.5 Å². The van der Waals surface area contributed by atoms with E-state index in [4.69, 9.17) is 32.7 Å². The number of fused-ring (bicyclic) bond motifs is 1.